The molecule has 0 unspecified atom stereocenters. The van der Waals surface area contributed by atoms with Crippen LogP contribution in [0.15, 0.2) is 36.4 Å². The van der Waals surface area contributed by atoms with Crippen molar-refractivity contribution in [1.29, 1.82) is 0 Å². The molecule has 0 radical (unpaired) electrons. The Morgan fingerprint density at radius 3 is 2.58 bits per heavy atom. The molecule has 0 spiro atoms. The number of fused-ring (bicyclic) bond motifs is 1. The largest absolute Gasteiger partial charge is 0.396 e. The third-order valence-electron chi connectivity index (χ3n) is 4.96. The molecule has 1 aliphatic rings. The van der Waals surface area contributed by atoms with Crippen LogP contribution in [-0.2, 0) is 6.42 Å². The van der Waals surface area contributed by atoms with Crippen molar-refractivity contribution < 1.29 is 5.11 Å². The first-order valence-corrected chi connectivity index (χ1v) is 9.25. The molecule has 2 N–H and O–H groups in total. The van der Waals surface area contributed by atoms with Crippen molar-refractivity contribution in [3.63, 3.8) is 0 Å². The summed E-state index contributed by atoms with van der Waals surface area (Å²) in [5.41, 5.74) is 5.25. The number of aryl methyl sites for hydroxylation is 1. The Hall–Kier alpha value is -1.06. The van der Waals surface area contributed by atoms with E-state index in [1.165, 1.54) is 22.3 Å². The molecule has 0 aliphatic heterocycles. The van der Waals surface area contributed by atoms with E-state index < -0.39 is 0 Å². The van der Waals surface area contributed by atoms with Crippen LogP contribution in [-0.4, -0.2) is 18.8 Å². The molecule has 0 saturated carbocycles. The van der Waals surface area contributed by atoms with Crippen LogP contribution in [0.4, 0.5) is 0 Å². The van der Waals surface area contributed by atoms with E-state index in [0.717, 1.165) is 25.7 Å². The zero-order valence-corrected chi connectivity index (χ0v) is 15.4. The highest BCUT2D eigenvalue weighted by Gasteiger charge is 2.27. The van der Waals surface area contributed by atoms with Crippen molar-refractivity contribution >= 4 is 23.2 Å². The molecule has 3 rings (SSSR count). The molecule has 0 bridgehead atoms. The van der Waals surface area contributed by atoms with Gasteiger partial charge in [-0.1, -0.05) is 47.5 Å². The van der Waals surface area contributed by atoms with Crippen molar-refractivity contribution in [3.8, 4) is 0 Å². The van der Waals surface area contributed by atoms with E-state index in [4.69, 9.17) is 28.3 Å². The van der Waals surface area contributed by atoms with E-state index in [9.17, 15) is 0 Å². The lowest BCUT2D eigenvalue weighted by atomic mass is 9.76. The van der Waals surface area contributed by atoms with Crippen LogP contribution in [0, 0.1) is 0 Å². The average Bonchev–Trinajstić information content (AvgIpc) is 2.61. The highest BCUT2D eigenvalue weighted by atomic mass is 35.5. The van der Waals surface area contributed by atoms with Gasteiger partial charge in [-0.2, -0.15) is 0 Å². The molecule has 0 aromatic heterocycles. The first-order chi connectivity index (χ1) is 11.6. The molecule has 128 valence electrons. The van der Waals surface area contributed by atoms with E-state index in [1.54, 1.807) is 0 Å². The number of rotatable bonds is 5. The minimum atomic E-state index is 0.235. The Bertz CT molecular complexity index is 717. The zero-order valence-electron chi connectivity index (χ0n) is 13.9. The summed E-state index contributed by atoms with van der Waals surface area (Å²) in [6.07, 6.45) is 3.90. The fraction of sp³-hybridized carbons (Fsp3) is 0.400. The molecule has 2 aromatic rings. The SMILES string of the molecule is CN[C@H]1CC[C@@H](c2ccc(Cl)c(Cl)c2)c2ccc(CCCO)cc21. The van der Waals surface area contributed by atoms with Crippen LogP contribution < -0.4 is 5.32 Å². The summed E-state index contributed by atoms with van der Waals surface area (Å²) >= 11 is 12.3. The second-order valence-corrected chi connectivity index (χ2v) is 7.25. The second kappa shape index (κ2) is 7.88. The normalized spacial score (nSPS) is 20.0. The van der Waals surface area contributed by atoms with Gasteiger partial charge >= 0.3 is 0 Å². The average molecular weight is 364 g/mol. The summed E-state index contributed by atoms with van der Waals surface area (Å²) in [4.78, 5) is 0. The van der Waals surface area contributed by atoms with Crippen molar-refractivity contribution in [1.82, 2.24) is 5.32 Å². The van der Waals surface area contributed by atoms with Crippen LogP contribution in [0.25, 0.3) is 0 Å². The highest BCUT2D eigenvalue weighted by Crippen LogP contribution is 2.42. The number of nitrogens with one attached hydrogen (secondary N) is 1. The lowest BCUT2D eigenvalue weighted by Crippen LogP contribution is -2.24. The molecule has 2 aromatic carbocycles. The zero-order chi connectivity index (χ0) is 17.1. The molecule has 0 heterocycles. The molecular weight excluding hydrogens is 341 g/mol. The monoisotopic (exact) mass is 363 g/mol. The Kier molecular flexibility index (Phi) is 5.83. The first-order valence-electron chi connectivity index (χ1n) is 8.50. The van der Waals surface area contributed by atoms with Crippen LogP contribution in [0.3, 0.4) is 0 Å². The van der Waals surface area contributed by atoms with Crippen molar-refractivity contribution in [3.05, 3.63) is 68.7 Å². The molecule has 0 amide bonds. The number of aliphatic hydroxyl groups excluding tert-OH is 1. The topological polar surface area (TPSA) is 32.3 Å². The van der Waals surface area contributed by atoms with Crippen LogP contribution in [0.2, 0.25) is 10.0 Å². The second-order valence-electron chi connectivity index (χ2n) is 6.44. The number of aliphatic hydroxyl groups is 1. The number of halogens is 2. The molecule has 0 saturated heterocycles. The van der Waals surface area contributed by atoms with Crippen molar-refractivity contribution in [2.24, 2.45) is 0 Å². The third kappa shape index (κ3) is 3.62. The van der Waals surface area contributed by atoms with Gasteiger partial charge < -0.3 is 10.4 Å². The quantitative estimate of drug-likeness (QED) is 0.773. The molecule has 24 heavy (non-hydrogen) atoms. The lowest BCUT2D eigenvalue weighted by Gasteiger charge is -2.32. The van der Waals surface area contributed by atoms with Gasteiger partial charge in [-0.15, -0.1) is 0 Å². The smallest absolute Gasteiger partial charge is 0.0595 e. The summed E-state index contributed by atoms with van der Waals surface area (Å²) in [5, 5.41) is 13.7. The van der Waals surface area contributed by atoms with E-state index in [2.05, 4.69) is 29.6 Å². The number of benzene rings is 2. The number of hydrogen-bond acceptors (Lipinski definition) is 2. The Labute approximate surface area is 153 Å². The Morgan fingerprint density at radius 1 is 1.04 bits per heavy atom. The molecule has 0 fully saturated rings. The van der Waals surface area contributed by atoms with E-state index in [-0.39, 0.29) is 6.61 Å². The van der Waals surface area contributed by atoms with Crippen LogP contribution in [0.5, 0.6) is 0 Å². The van der Waals surface area contributed by atoms with Gasteiger partial charge in [0.05, 0.1) is 10.0 Å². The summed E-state index contributed by atoms with van der Waals surface area (Å²) in [6.45, 7) is 0.235. The van der Waals surface area contributed by atoms with Gasteiger partial charge in [0.15, 0.2) is 0 Å². The lowest BCUT2D eigenvalue weighted by molar-refractivity contribution is 0.288. The van der Waals surface area contributed by atoms with E-state index in [1.807, 2.05) is 19.2 Å². The predicted molar refractivity (Wildman–Crippen MR) is 101 cm³/mol. The van der Waals surface area contributed by atoms with Gasteiger partial charge in [-0.3, -0.25) is 0 Å². The maximum atomic E-state index is 9.07. The van der Waals surface area contributed by atoms with Gasteiger partial charge in [0.25, 0.3) is 0 Å². The minimum Gasteiger partial charge on any atom is -0.396 e. The molecule has 1 aliphatic carbocycles. The highest BCUT2D eigenvalue weighted by molar-refractivity contribution is 6.42. The Morgan fingerprint density at radius 2 is 1.88 bits per heavy atom. The van der Waals surface area contributed by atoms with Crippen LogP contribution in [0.1, 0.15) is 53.5 Å². The molecule has 4 heteroatoms. The first kappa shape index (κ1) is 17.8. The predicted octanol–water partition coefficient (Wildman–Crippen LogP) is 5.10. The standard InChI is InChI=1S/C20H23Cl2NO/c1-23-20-9-7-15(14-5-8-18(21)19(22)12-14)16-6-4-13(3-2-10-24)11-17(16)20/h4-6,8,11-12,15,20,23-24H,2-3,7,9-10H2,1H3/t15-,20-/m0/s1. The van der Waals surface area contributed by atoms with Crippen LogP contribution >= 0.6 is 23.2 Å². The number of hydrogen-bond donors (Lipinski definition) is 2. The van der Waals surface area contributed by atoms with Gasteiger partial charge in [0.2, 0.25) is 0 Å². The summed E-state index contributed by atoms with van der Waals surface area (Å²) in [7, 11) is 2.02. The Balaban J connectivity index is 1.98. The maximum Gasteiger partial charge on any atom is 0.0595 e. The maximum absolute atomic E-state index is 9.07. The summed E-state index contributed by atoms with van der Waals surface area (Å²) < 4.78 is 0. The van der Waals surface area contributed by atoms with Gasteiger partial charge in [0.1, 0.15) is 0 Å². The molecule has 2 atom stereocenters. The minimum absolute atomic E-state index is 0.235. The van der Waals surface area contributed by atoms with Gasteiger partial charge in [-0.25, -0.2) is 0 Å². The van der Waals surface area contributed by atoms with E-state index in [0.29, 0.717) is 22.0 Å². The van der Waals surface area contributed by atoms with Crippen molar-refractivity contribution in [2.45, 2.75) is 37.6 Å². The van der Waals surface area contributed by atoms with E-state index >= 15 is 0 Å². The fourth-order valence-corrected chi connectivity index (χ4v) is 4.01. The summed E-state index contributed by atoms with van der Waals surface area (Å²) in [6, 6.07) is 13.1. The summed E-state index contributed by atoms with van der Waals surface area (Å²) in [5.74, 6) is 0.353. The fourth-order valence-electron chi connectivity index (χ4n) is 3.70. The molecular formula is C20H23Cl2NO. The molecule has 2 nitrogen and oxygen atoms in total. The van der Waals surface area contributed by atoms with Gasteiger partial charge in [-0.05, 0) is 67.1 Å². The third-order valence-corrected chi connectivity index (χ3v) is 5.70. The van der Waals surface area contributed by atoms with Gasteiger partial charge in [0, 0.05) is 18.6 Å². The van der Waals surface area contributed by atoms with Crippen molar-refractivity contribution in [2.75, 3.05) is 13.7 Å².